The number of hydrogen-bond acceptors (Lipinski definition) is 1. The molecule has 0 aromatic carbocycles. The molecule has 0 aliphatic carbocycles. The molecule has 0 saturated heterocycles. The molecule has 0 aliphatic heterocycles. The molecule has 0 bridgehead atoms. The molecule has 7 heavy (non-hydrogen) atoms. The number of rotatable bonds is 1. The molecule has 0 saturated carbocycles. The number of allylic oxidation sites excluding steroid dienone is 1. The van der Waals surface area contributed by atoms with E-state index in [0.717, 1.165) is 0 Å². The average molecular weight is 187 g/mol. The average Bonchev–Trinajstić information content (AvgIpc) is 1.38. The summed E-state index contributed by atoms with van der Waals surface area (Å²) in [6.45, 7) is 3.18. The monoisotopic (exact) mass is 187 g/mol. The summed E-state index contributed by atoms with van der Waals surface area (Å²) in [7, 11) is 0. The van der Waals surface area contributed by atoms with Crippen molar-refractivity contribution in [3.05, 3.63) is 12.7 Å². The van der Waals surface area contributed by atoms with Crippen molar-refractivity contribution in [2.75, 3.05) is 0 Å². The molecule has 0 spiro atoms. The molecule has 37 valence electrons. The quantitative estimate of drug-likeness (QED) is 0.412. The van der Waals surface area contributed by atoms with Gasteiger partial charge in [0.25, 0.3) is 0 Å². The van der Waals surface area contributed by atoms with E-state index in [1.54, 1.807) is 0 Å². The maximum absolute atomic E-state index is 9.64. The normalized spacial score (nSPS) is 4.57. The summed E-state index contributed by atoms with van der Waals surface area (Å²) in [5.74, 6) is 0. The Morgan fingerprint density at radius 2 is 1.86 bits per heavy atom. The molecular formula is C3H3Cr2OSi. The molecule has 0 unspecified atom stereocenters. The van der Waals surface area contributed by atoms with Crippen LogP contribution in [0, 0.1) is 0 Å². The second kappa shape index (κ2) is 9.85. The van der Waals surface area contributed by atoms with E-state index in [2.05, 4.69) is 22.9 Å². The Morgan fingerprint density at radius 3 is 1.86 bits per heavy atom. The Labute approximate surface area is 66.7 Å². The fourth-order valence-electron chi connectivity index (χ4n) is 0. The summed E-state index contributed by atoms with van der Waals surface area (Å²) in [5, 5.41) is 0. The van der Waals surface area contributed by atoms with Crippen molar-refractivity contribution in [1.29, 1.82) is 0 Å². The standard InChI is InChI=1S/C3H3O.2Cr.Si/c1-2-3-4;;;/h2H,1H2;;;. The van der Waals surface area contributed by atoms with Crippen molar-refractivity contribution in [1.82, 2.24) is 0 Å². The number of carbonyl (C=O) groups excluding carboxylic acids is 1. The van der Waals surface area contributed by atoms with E-state index in [4.69, 9.17) is 0 Å². The van der Waals surface area contributed by atoms with Crippen LogP contribution in [0.1, 0.15) is 0 Å². The van der Waals surface area contributed by atoms with E-state index in [1.807, 2.05) is 0 Å². The fraction of sp³-hybridized carbons (Fsp3) is 0. The van der Waals surface area contributed by atoms with Gasteiger partial charge in [0.2, 0.25) is 0 Å². The maximum Gasteiger partial charge on any atom is 0 e. The van der Waals surface area contributed by atoms with Gasteiger partial charge in [0.05, 0.1) is 0 Å². The maximum atomic E-state index is 9.64. The first-order valence-corrected chi connectivity index (χ1v) is 1.74. The molecule has 1 nitrogen and oxygen atoms in total. The molecule has 0 atom stereocenters. The third-order valence-corrected chi connectivity index (χ3v) is 0.427. The van der Waals surface area contributed by atoms with E-state index in [1.165, 1.54) is 6.08 Å². The molecule has 4 heteroatoms. The predicted molar refractivity (Wildman–Crippen MR) is 21.0 cm³/mol. The van der Waals surface area contributed by atoms with Crippen LogP contribution in [0.3, 0.4) is 0 Å². The molecule has 0 aromatic rings. The van der Waals surface area contributed by atoms with E-state index in [9.17, 15) is 4.79 Å². The minimum absolute atomic E-state index is 0. The van der Waals surface area contributed by atoms with Gasteiger partial charge in [-0.05, 0) is 0 Å². The summed E-state index contributed by atoms with van der Waals surface area (Å²) >= 11 is 2.23. The van der Waals surface area contributed by atoms with Crippen LogP contribution in [0.4, 0.5) is 0 Å². The van der Waals surface area contributed by atoms with Crippen LogP contribution >= 0.6 is 0 Å². The molecule has 0 aromatic heterocycles. The molecule has 0 amide bonds. The zero-order chi connectivity index (χ0) is 4.28. The first kappa shape index (κ1) is 15.6. The van der Waals surface area contributed by atoms with Gasteiger partial charge in [0.15, 0.2) is 0 Å². The van der Waals surface area contributed by atoms with Gasteiger partial charge in [-0.25, -0.2) is 0 Å². The third kappa shape index (κ3) is 20.3. The summed E-state index contributed by atoms with van der Waals surface area (Å²) in [6.07, 6.45) is 1.22. The zero-order valence-corrected chi connectivity index (χ0v) is 7.06. The largest absolute Gasteiger partial charge is 0 e. The molecular weight excluding hydrogens is 184 g/mol. The van der Waals surface area contributed by atoms with Crippen LogP contribution in [0.25, 0.3) is 0 Å². The molecule has 0 rings (SSSR count). The first-order valence-electron chi connectivity index (χ1n) is 1.11. The van der Waals surface area contributed by atoms with Crippen LogP contribution in [0.5, 0.6) is 0 Å². The molecule has 4 radical (unpaired) electrons. The fourth-order valence-corrected chi connectivity index (χ4v) is 0. The number of carbonyl (C=O) groups is 1. The van der Waals surface area contributed by atoms with Crippen molar-refractivity contribution >= 4 is 15.6 Å². The molecule has 0 heterocycles. The topological polar surface area (TPSA) is 17.1 Å². The predicted octanol–water partition coefficient (Wildman–Crippen LogP) is -0.138. The zero-order valence-electron chi connectivity index (χ0n) is 3.51. The van der Waals surface area contributed by atoms with Gasteiger partial charge >= 0.3 is 38.4 Å². The van der Waals surface area contributed by atoms with Gasteiger partial charge in [-0.15, -0.1) is 0 Å². The summed E-state index contributed by atoms with van der Waals surface area (Å²) in [5.41, 5.74) is 0. The van der Waals surface area contributed by atoms with Gasteiger partial charge in [-0.1, -0.05) is 0 Å². The van der Waals surface area contributed by atoms with Crippen molar-refractivity contribution in [2.45, 2.75) is 0 Å². The summed E-state index contributed by atoms with van der Waals surface area (Å²) < 4.78 is -0.106. The minimum atomic E-state index is -0.106. The first-order chi connectivity index (χ1) is 2.27. The van der Waals surface area contributed by atoms with Gasteiger partial charge in [-0.3, -0.25) is 0 Å². The second-order valence-electron chi connectivity index (χ2n) is 0.523. The minimum Gasteiger partial charge on any atom is 0 e. The van der Waals surface area contributed by atoms with E-state index >= 15 is 0 Å². The van der Waals surface area contributed by atoms with Gasteiger partial charge < -0.3 is 0 Å². The third-order valence-electron chi connectivity index (χ3n) is 0.167. The molecule has 0 N–H and O–H groups in total. The summed E-state index contributed by atoms with van der Waals surface area (Å²) in [6, 6.07) is 0. The Hall–Kier alpha value is 0.692. The van der Waals surface area contributed by atoms with E-state index in [0.29, 0.717) is 0 Å². The van der Waals surface area contributed by atoms with Crippen LogP contribution < -0.4 is 0 Å². The SMILES string of the molecule is C=C[C](=O)[Cr].[Cr].[Si]. The van der Waals surface area contributed by atoms with Crippen molar-refractivity contribution in [2.24, 2.45) is 0 Å². The van der Waals surface area contributed by atoms with Gasteiger partial charge in [0.1, 0.15) is 0 Å². The van der Waals surface area contributed by atoms with E-state index < -0.39 is 0 Å². The molecule has 0 aliphatic rings. The second-order valence-corrected chi connectivity index (χ2v) is 1.15. The Bertz CT molecular complexity index is 64.0. The van der Waals surface area contributed by atoms with Crippen molar-refractivity contribution < 1.29 is 38.4 Å². The van der Waals surface area contributed by atoms with Gasteiger partial charge in [0, 0.05) is 28.3 Å². The number of hydrogen-bond donors (Lipinski definition) is 0. The smallest absolute Gasteiger partial charge is 0 e. The van der Waals surface area contributed by atoms with Crippen LogP contribution in [-0.2, 0) is 38.4 Å². The van der Waals surface area contributed by atoms with Crippen molar-refractivity contribution in [3.8, 4) is 0 Å². The Morgan fingerprint density at radius 1 is 1.71 bits per heavy atom. The summed E-state index contributed by atoms with van der Waals surface area (Å²) in [4.78, 5) is 9.64. The van der Waals surface area contributed by atoms with E-state index in [-0.39, 0.29) is 33.0 Å². The van der Waals surface area contributed by atoms with Crippen LogP contribution in [-0.4, -0.2) is 15.6 Å². The molecule has 0 fully saturated rings. The Balaban J connectivity index is -0.0000000800. The van der Waals surface area contributed by atoms with Crippen molar-refractivity contribution in [3.63, 3.8) is 0 Å². The van der Waals surface area contributed by atoms with Gasteiger partial charge in [-0.2, -0.15) is 0 Å². The Kier molecular flexibility index (Phi) is 22.0. The van der Waals surface area contributed by atoms with Crippen LogP contribution in [0.15, 0.2) is 12.7 Å². The van der Waals surface area contributed by atoms with Crippen LogP contribution in [0.2, 0.25) is 0 Å².